The van der Waals surface area contributed by atoms with Crippen LogP contribution < -0.4 is 10.9 Å². The van der Waals surface area contributed by atoms with Crippen molar-refractivity contribution in [2.75, 3.05) is 11.6 Å². The third-order valence-corrected chi connectivity index (χ3v) is 1.83. The third-order valence-electron chi connectivity index (χ3n) is 1.83. The average molecular weight is 197 g/mol. The minimum atomic E-state index is -0.650. The maximum absolute atomic E-state index is 10.5. The molecule has 0 spiro atoms. The first kappa shape index (κ1) is 10.3. The van der Waals surface area contributed by atoms with Gasteiger partial charge in [-0.3, -0.25) is 10.1 Å². The zero-order valence-corrected chi connectivity index (χ0v) is 7.67. The SMILES string of the molecule is CCN(N)c1ccc(O)c([N+](=O)[O-])c1. The number of phenolic OH excluding ortho intramolecular Hbond substituents is 1. The molecule has 0 aliphatic carbocycles. The quantitative estimate of drug-likeness (QED) is 0.428. The van der Waals surface area contributed by atoms with Gasteiger partial charge in [0.2, 0.25) is 0 Å². The van der Waals surface area contributed by atoms with Gasteiger partial charge >= 0.3 is 5.69 Å². The van der Waals surface area contributed by atoms with Crippen LogP contribution in [0.5, 0.6) is 5.75 Å². The number of nitro benzene ring substituents is 1. The smallest absolute Gasteiger partial charge is 0.312 e. The molecule has 0 saturated carbocycles. The van der Waals surface area contributed by atoms with Crippen LogP contribution >= 0.6 is 0 Å². The highest BCUT2D eigenvalue weighted by Crippen LogP contribution is 2.29. The highest BCUT2D eigenvalue weighted by molar-refractivity contribution is 5.58. The van der Waals surface area contributed by atoms with E-state index in [-0.39, 0.29) is 11.4 Å². The molecule has 0 fully saturated rings. The molecular formula is C8H11N3O3. The molecular weight excluding hydrogens is 186 g/mol. The number of hydrazine groups is 1. The van der Waals surface area contributed by atoms with Crippen LogP contribution in [0.4, 0.5) is 11.4 Å². The van der Waals surface area contributed by atoms with Gasteiger partial charge in [-0.25, -0.2) is 5.84 Å². The third kappa shape index (κ3) is 1.91. The minimum absolute atomic E-state index is 0.341. The fourth-order valence-electron chi connectivity index (χ4n) is 1.02. The lowest BCUT2D eigenvalue weighted by Gasteiger charge is -2.15. The van der Waals surface area contributed by atoms with Gasteiger partial charge in [-0.2, -0.15) is 0 Å². The van der Waals surface area contributed by atoms with E-state index in [4.69, 9.17) is 10.9 Å². The second-order valence-corrected chi connectivity index (χ2v) is 2.72. The molecule has 0 amide bonds. The lowest BCUT2D eigenvalue weighted by Crippen LogP contribution is -2.30. The monoisotopic (exact) mass is 197 g/mol. The normalized spacial score (nSPS) is 9.86. The number of hydrogen-bond acceptors (Lipinski definition) is 5. The summed E-state index contributed by atoms with van der Waals surface area (Å²) in [4.78, 5) is 9.82. The Labute approximate surface area is 80.7 Å². The summed E-state index contributed by atoms with van der Waals surface area (Å²) in [6, 6.07) is 4.01. The maximum atomic E-state index is 10.5. The molecule has 76 valence electrons. The first-order chi connectivity index (χ1) is 6.56. The molecule has 0 aliphatic heterocycles. The van der Waals surface area contributed by atoms with Crippen LogP contribution in [0.1, 0.15) is 6.92 Å². The topological polar surface area (TPSA) is 92.6 Å². The molecule has 0 unspecified atom stereocenters. The Bertz CT molecular complexity index is 354. The van der Waals surface area contributed by atoms with E-state index in [1.807, 2.05) is 6.92 Å². The Balaban J connectivity index is 3.12. The fourth-order valence-corrected chi connectivity index (χ4v) is 1.02. The van der Waals surface area contributed by atoms with Crippen molar-refractivity contribution in [2.45, 2.75) is 6.92 Å². The molecule has 0 atom stereocenters. The van der Waals surface area contributed by atoms with Crippen molar-refractivity contribution in [3.8, 4) is 5.75 Å². The van der Waals surface area contributed by atoms with E-state index in [2.05, 4.69) is 0 Å². The van der Waals surface area contributed by atoms with Gasteiger partial charge in [-0.1, -0.05) is 0 Å². The van der Waals surface area contributed by atoms with Gasteiger partial charge in [-0.15, -0.1) is 0 Å². The summed E-state index contributed by atoms with van der Waals surface area (Å²) in [7, 11) is 0. The van der Waals surface area contributed by atoms with Crippen molar-refractivity contribution in [1.82, 2.24) is 0 Å². The predicted molar refractivity (Wildman–Crippen MR) is 52.0 cm³/mol. The molecule has 1 aromatic rings. The van der Waals surface area contributed by atoms with Crippen LogP contribution in [0.2, 0.25) is 0 Å². The molecule has 0 aliphatic rings. The first-order valence-electron chi connectivity index (χ1n) is 4.06. The van der Waals surface area contributed by atoms with Gasteiger partial charge in [0.15, 0.2) is 5.75 Å². The Morgan fingerprint density at radius 3 is 2.79 bits per heavy atom. The Morgan fingerprint density at radius 1 is 1.64 bits per heavy atom. The highest BCUT2D eigenvalue weighted by Gasteiger charge is 2.14. The van der Waals surface area contributed by atoms with E-state index in [0.29, 0.717) is 12.2 Å². The van der Waals surface area contributed by atoms with Crippen LogP contribution in [0.15, 0.2) is 18.2 Å². The number of nitrogens with zero attached hydrogens (tertiary/aromatic N) is 2. The number of benzene rings is 1. The summed E-state index contributed by atoms with van der Waals surface area (Å²) in [5.41, 5.74) is 0.156. The van der Waals surface area contributed by atoms with Gasteiger partial charge < -0.3 is 10.1 Å². The van der Waals surface area contributed by atoms with Gasteiger partial charge in [-0.05, 0) is 19.1 Å². The molecule has 0 heterocycles. The summed E-state index contributed by atoms with van der Waals surface area (Å²) in [6.07, 6.45) is 0. The molecule has 0 radical (unpaired) electrons. The summed E-state index contributed by atoms with van der Waals surface area (Å²) in [5.74, 6) is 5.18. The lowest BCUT2D eigenvalue weighted by atomic mass is 10.2. The van der Waals surface area contributed by atoms with Crippen LogP contribution in [-0.2, 0) is 0 Å². The number of nitro groups is 1. The standard InChI is InChI=1S/C8H11N3O3/c1-2-10(9)6-3-4-8(12)7(5-6)11(13)14/h3-5,12H,2,9H2,1H3. The Kier molecular flexibility index (Phi) is 2.88. The summed E-state index contributed by atoms with van der Waals surface area (Å²) >= 11 is 0. The number of rotatable bonds is 3. The van der Waals surface area contributed by atoms with Crippen LogP contribution in [0.25, 0.3) is 0 Å². The van der Waals surface area contributed by atoms with Gasteiger partial charge in [0, 0.05) is 12.6 Å². The second kappa shape index (κ2) is 3.93. The summed E-state index contributed by atoms with van der Waals surface area (Å²) in [6.45, 7) is 2.35. The molecule has 0 aromatic heterocycles. The van der Waals surface area contributed by atoms with Crippen molar-refractivity contribution >= 4 is 11.4 Å². The van der Waals surface area contributed by atoms with Crippen LogP contribution in [0, 0.1) is 10.1 Å². The number of phenols is 1. The van der Waals surface area contributed by atoms with E-state index >= 15 is 0 Å². The minimum Gasteiger partial charge on any atom is -0.502 e. The lowest BCUT2D eigenvalue weighted by molar-refractivity contribution is -0.385. The van der Waals surface area contributed by atoms with E-state index in [1.165, 1.54) is 23.2 Å². The molecule has 6 heteroatoms. The van der Waals surface area contributed by atoms with Gasteiger partial charge in [0.1, 0.15) is 0 Å². The van der Waals surface area contributed by atoms with Crippen LogP contribution in [0.3, 0.4) is 0 Å². The van der Waals surface area contributed by atoms with Crippen LogP contribution in [-0.4, -0.2) is 16.6 Å². The predicted octanol–water partition coefficient (Wildman–Crippen LogP) is 1.00. The number of anilines is 1. The van der Waals surface area contributed by atoms with E-state index in [9.17, 15) is 10.1 Å². The fraction of sp³-hybridized carbons (Fsp3) is 0.250. The number of nitrogens with two attached hydrogens (primary N) is 1. The molecule has 3 N–H and O–H groups in total. The highest BCUT2D eigenvalue weighted by atomic mass is 16.6. The van der Waals surface area contributed by atoms with Crippen molar-refractivity contribution in [3.05, 3.63) is 28.3 Å². The molecule has 1 rings (SSSR count). The van der Waals surface area contributed by atoms with Gasteiger partial charge in [0.05, 0.1) is 10.6 Å². The number of aromatic hydroxyl groups is 1. The summed E-state index contributed by atoms with van der Waals surface area (Å²) in [5, 5.41) is 21.0. The largest absolute Gasteiger partial charge is 0.502 e. The molecule has 14 heavy (non-hydrogen) atoms. The van der Waals surface area contributed by atoms with Crippen molar-refractivity contribution in [1.29, 1.82) is 0 Å². The second-order valence-electron chi connectivity index (χ2n) is 2.72. The molecule has 6 nitrogen and oxygen atoms in total. The zero-order chi connectivity index (χ0) is 10.7. The van der Waals surface area contributed by atoms with Gasteiger partial charge in [0.25, 0.3) is 0 Å². The van der Waals surface area contributed by atoms with E-state index in [0.717, 1.165) is 0 Å². The molecule has 0 saturated heterocycles. The molecule has 1 aromatic carbocycles. The summed E-state index contributed by atoms with van der Waals surface area (Å²) < 4.78 is 0. The zero-order valence-electron chi connectivity index (χ0n) is 7.67. The van der Waals surface area contributed by atoms with E-state index in [1.54, 1.807) is 0 Å². The average Bonchev–Trinajstić information content (AvgIpc) is 2.17. The molecule has 0 bridgehead atoms. The van der Waals surface area contributed by atoms with Crippen molar-refractivity contribution < 1.29 is 10.0 Å². The maximum Gasteiger partial charge on any atom is 0.312 e. The Morgan fingerprint density at radius 2 is 2.29 bits per heavy atom. The Hall–Kier alpha value is -1.82. The first-order valence-corrected chi connectivity index (χ1v) is 4.06. The van der Waals surface area contributed by atoms with Crippen molar-refractivity contribution in [2.24, 2.45) is 5.84 Å². The number of hydrogen-bond donors (Lipinski definition) is 2. The van der Waals surface area contributed by atoms with Crippen molar-refractivity contribution in [3.63, 3.8) is 0 Å². The van der Waals surface area contributed by atoms with E-state index < -0.39 is 4.92 Å².